The zero-order valence-corrected chi connectivity index (χ0v) is 12.2. The van der Waals surface area contributed by atoms with Crippen molar-refractivity contribution in [2.24, 2.45) is 4.99 Å². The molecule has 1 aliphatic rings. The third-order valence-electron chi connectivity index (χ3n) is 3.71. The van der Waals surface area contributed by atoms with Gasteiger partial charge in [-0.15, -0.1) is 0 Å². The maximum Gasteiger partial charge on any atom is 0.421 e. The Morgan fingerprint density at radius 1 is 1.25 bits per heavy atom. The SMILES string of the molecule is O=C=Nc1cccnc1Oc1ccccc1C1(C(F)(F)F)CCO1. The Bertz CT molecular complexity index is 797. The summed E-state index contributed by atoms with van der Waals surface area (Å²) in [5.41, 5.74) is -2.47. The summed E-state index contributed by atoms with van der Waals surface area (Å²) in [5.74, 6) is -0.152. The van der Waals surface area contributed by atoms with E-state index in [9.17, 15) is 18.0 Å². The molecular weight excluding hydrogens is 325 g/mol. The summed E-state index contributed by atoms with van der Waals surface area (Å²) in [7, 11) is 0. The molecule has 2 heterocycles. The van der Waals surface area contributed by atoms with Crippen LogP contribution in [0, 0.1) is 0 Å². The van der Waals surface area contributed by atoms with Gasteiger partial charge in [0.2, 0.25) is 12.0 Å². The lowest BCUT2D eigenvalue weighted by Crippen LogP contribution is -2.52. The summed E-state index contributed by atoms with van der Waals surface area (Å²) in [5, 5.41) is 0. The number of nitrogens with zero attached hydrogens (tertiary/aromatic N) is 2. The van der Waals surface area contributed by atoms with Crippen LogP contribution in [0.3, 0.4) is 0 Å². The van der Waals surface area contributed by atoms with Gasteiger partial charge in [0.1, 0.15) is 11.4 Å². The fraction of sp³-hybridized carbons (Fsp3) is 0.250. The van der Waals surface area contributed by atoms with E-state index in [1.165, 1.54) is 48.7 Å². The first-order valence-electron chi connectivity index (χ1n) is 6.99. The van der Waals surface area contributed by atoms with E-state index in [2.05, 4.69) is 9.98 Å². The number of benzene rings is 1. The van der Waals surface area contributed by atoms with Gasteiger partial charge < -0.3 is 9.47 Å². The first-order chi connectivity index (χ1) is 11.5. The van der Waals surface area contributed by atoms with Crippen molar-refractivity contribution in [3.63, 3.8) is 0 Å². The number of halogens is 3. The largest absolute Gasteiger partial charge is 0.437 e. The number of hydrogen-bond acceptors (Lipinski definition) is 5. The van der Waals surface area contributed by atoms with E-state index in [4.69, 9.17) is 9.47 Å². The Kier molecular flexibility index (Phi) is 4.09. The number of rotatable bonds is 4. The molecule has 0 bridgehead atoms. The highest BCUT2D eigenvalue weighted by molar-refractivity contribution is 5.56. The maximum atomic E-state index is 13.5. The van der Waals surface area contributed by atoms with Crippen molar-refractivity contribution >= 4 is 11.8 Å². The van der Waals surface area contributed by atoms with E-state index in [0.717, 1.165) is 0 Å². The summed E-state index contributed by atoms with van der Waals surface area (Å²) < 4.78 is 50.9. The molecule has 3 rings (SSSR count). The quantitative estimate of drug-likeness (QED) is 0.625. The molecule has 1 saturated heterocycles. The van der Waals surface area contributed by atoms with Crippen molar-refractivity contribution < 1.29 is 27.4 Å². The van der Waals surface area contributed by atoms with Gasteiger partial charge in [-0.05, 0) is 18.2 Å². The molecular formula is C16H11F3N2O3. The molecule has 0 aliphatic carbocycles. The molecule has 24 heavy (non-hydrogen) atoms. The lowest BCUT2D eigenvalue weighted by atomic mass is 9.85. The number of aliphatic imine (C=N–C) groups is 1. The summed E-state index contributed by atoms with van der Waals surface area (Å²) >= 11 is 0. The molecule has 0 spiro atoms. The molecule has 1 aromatic heterocycles. The Morgan fingerprint density at radius 3 is 2.62 bits per heavy atom. The minimum atomic E-state index is -4.58. The second kappa shape index (κ2) is 6.07. The number of para-hydroxylation sites is 1. The molecule has 124 valence electrons. The van der Waals surface area contributed by atoms with Gasteiger partial charge in [-0.2, -0.15) is 18.2 Å². The minimum absolute atomic E-state index is 0.0120. The van der Waals surface area contributed by atoms with Crippen molar-refractivity contribution in [3.05, 3.63) is 48.2 Å². The zero-order chi connectivity index (χ0) is 17.2. The Morgan fingerprint density at radius 2 is 2.00 bits per heavy atom. The van der Waals surface area contributed by atoms with E-state index < -0.39 is 11.8 Å². The fourth-order valence-electron chi connectivity index (χ4n) is 2.48. The molecule has 0 amide bonds. The van der Waals surface area contributed by atoms with E-state index in [1.807, 2.05) is 0 Å². The summed E-state index contributed by atoms with van der Waals surface area (Å²) in [6, 6.07) is 8.64. The van der Waals surface area contributed by atoms with Crippen LogP contribution in [0.2, 0.25) is 0 Å². The first kappa shape index (κ1) is 16.2. The van der Waals surface area contributed by atoms with Gasteiger partial charge >= 0.3 is 6.18 Å². The normalized spacial score (nSPS) is 20.0. The molecule has 1 atom stereocenters. The molecule has 1 unspecified atom stereocenters. The molecule has 1 aromatic carbocycles. The van der Waals surface area contributed by atoms with Gasteiger partial charge in [-0.25, -0.2) is 9.78 Å². The lowest BCUT2D eigenvalue weighted by molar-refractivity contribution is -0.333. The van der Waals surface area contributed by atoms with Crippen molar-refractivity contribution in [1.82, 2.24) is 4.98 Å². The average Bonchev–Trinajstić information content (AvgIpc) is 2.48. The van der Waals surface area contributed by atoms with Crippen LogP contribution in [0.25, 0.3) is 0 Å². The van der Waals surface area contributed by atoms with Gasteiger partial charge in [-0.3, -0.25) is 0 Å². The molecule has 0 N–H and O–H groups in total. The number of aromatic nitrogens is 1. The number of pyridine rings is 1. The van der Waals surface area contributed by atoms with Crippen molar-refractivity contribution in [3.8, 4) is 11.6 Å². The van der Waals surface area contributed by atoms with Gasteiger partial charge in [0.25, 0.3) is 0 Å². The summed E-state index contributed by atoms with van der Waals surface area (Å²) in [6.45, 7) is 0.0120. The number of carbonyl (C=O) groups excluding carboxylic acids is 1. The first-order valence-corrected chi connectivity index (χ1v) is 6.99. The minimum Gasteiger partial charge on any atom is -0.437 e. The van der Waals surface area contributed by atoms with Crippen LogP contribution in [0.15, 0.2) is 47.6 Å². The van der Waals surface area contributed by atoms with Crippen LogP contribution in [0.4, 0.5) is 18.9 Å². The number of ether oxygens (including phenoxy) is 2. The third-order valence-corrected chi connectivity index (χ3v) is 3.71. The van der Waals surface area contributed by atoms with Crippen LogP contribution in [-0.4, -0.2) is 23.8 Å². The highest BCUT2D eigenvalue weighted by Crippen LogP contribution is 2.53. The Balaban J connectivity index is 2.04. The highest BCUT2D eigenvalue weighted by Gasteiger charge is 2.62. The second-order valence-corrected chi connectivity index (χ2v) is 5.05. The van der Waals surface area contributed by atoms with E-state index >= 15 is 0 Å². The molecule has 5 nitrogen and oxygen atoms in total. The summed E-state index contributed by atoms with van der Waals surface area (Å²) in [6.07, 6.45) is -2.05. The van der Waals surface area contributed by atoms with Crippen molar-refractivity contribution in [2.75, 3.05) is 6.61 Å². The van der Waals surface area contributed by atoms with Crippen molar-refractivity contribution in [2.45, 2.75) is 18.2 Å². The second-order valence-electron chi connectivity index (χ2n) is 5.05. The fourth-order valence-corrected chi connectivity index (χ4v) is 2.48. The van der Waals surface area contributed by atoms with Gasteiger partial charge in [0, 0.05) is 18.2 Å². The van der Waals surface area contributed by atoms with E-state index in [1.54, 1.807) is 0 Å². The molecule has 1 fully saturated rings. The predicted octanol–water partition coefficient (Wildman–Crippen LogP) is 4.02. The molecule has 0 radical (unpaired) electrons. The molecule has 8 heteroatoms. The van der Waals surface area contributed by atoms with Crippen LogP contribution in [-0.2, 0) is 15.1 Å². The van der Waals surface area contributed by atoms with E-state index in [-0.39, 0.29) is 35.9 Å². The van der Waals surface area contributed by atoms with Crippen LogP contribution >= 0.6 is 0 Å². The maximum absolute atomic E-state index is 13.5. The number of hydrogen-bond donors (Lipinski definition) is 0. The monoisotopic (exact) mass is 336 g/mol. The van der Waals surface area contributed by atoms with Crippen LogP contribution < -0.4 is 4.74 Å². The van der Waals surface area contributed by atoms with Crippen molar-refractivity contribution in [1.29, 1.82) is 0 Å². The molecule has 2 aromatic rings. The summed E-state index contributed by atoms with van der Waals surface area (Å²) in [4.78, 5) is 17.8. The number of alkyl halides is 3. The topological polar surface area (TPSA) is 60.8 Å². The van der Waals surface area contributed by atoms with Crippen LogP contribution in [0.5, 0.6) is 11.6 Å². The predicted molar refractivity (Wildman–Crippen MR) is 76.8 cm³/mol. The third kappa shape index (κ3) is 2.66. The van der Waals surface area contributed by atoms with Crippen LogP contribution in [0.1, 0.15) is 12.0 Å². The lowest BCUT2D eigenvalue weighted by Gasteiger charge is -2.43. The number of isocyanates is 1. The smallest absolute Gasteiger partial charge is 0.421 e. The van der Waals surface area contributed by atoms with Gasteiger partial charge in [0.15, 0.2) is 5.60 Å². The van der Waals surface area contributed by atoms with E-state index in [0.29, 0.717) is 0 Å². The standard InChI is InChI=1S/C16H11F3N2O3/c17-16(18,19)15(7-9-23-15)11-4-1-2-6-13(11)24-14-12(21-10-22)5-3-8-20-14/h1-6,8H,7,9H2. The van der Waals surface area contributed by atoms with Gasteiger partial charge in [-0.1, -0.05) is 18.2 Å². The zero-order valence-electron chi connectivity index (χ0n) is 12.2. The molecule has 0 saturated carbocycles. The van der Waals surface area contributed by atoms with Gasteiger partial charge in [0.05, 0.1) is 6.61 Å². The Hall–Kier alpha value is -2.70. The average molecular weight is 336 g/mol. The highest BCUT2D eigenvalue weighted by atomic mass is 19.4. The Labute approximate surface area is 134 Å². The molecule has 1 aliphatic heterocycles.